The predicted octanol–water partition coefficient (Wildman–Crippen LogP) is 2.04. The lowest BCUT2D eigenvalue weighted by Crippen LogP contribution is -2.42. The number of aryl methyl sites for hydroxylation is 1. The lowest BCUT2D eigenvalue weighted by atomic mass is 10.2. The summed E-state index contributed by atoms with van der Waals surface area (Å²) >= 11 is 0. The van der Waals surface area contributed by atoms with Crippen molar-refractivity contribution in [1.29, 1.82) is 0 Å². The van der Waals surface area contributed by atoms with Crippen molar-refractivity contribution in [3.8, 4) is 0 Å². The lowest BCUT2D eigenvalue weighted by Gasteiger charge is -2.29. The van der Waals surface area contributed by atoms with E-state index in [1.165, 1.54) is 19.9 Å². The Balaban J connectivity index is 2.22. The van der Waals surface area contributed by atoms with Gasteiger partial charge in [-0.05, 0) is 13.0 Å². The molecule has 0 bridgehead atoms. The number of nitrogens with zero attached hydrogens (tertiary/aromatic N) is 1. The molecule has 1 aliphatic rings. The van der Waals surface area contributed by atoms with E-state index in [9.17, 15) is 19.7 Å². The van der Waals surface area contributed by atoms with Gasteiger partial charge in [0.25, 0.3) is 11.5 Å². The van der Waals surface area contributed by atoms with Crippen LogP contribution in [0.5, 0.6) is 0 Å². The quantitative estimate of drug-likeness (QED) is 0.299. The summed E-state index contributed by atoms with van der Waals surface area (Å²) in [7, 11) is 0. The molecule has 22 heavy (non-hydrogen) atoms. The van der Waals surface area contributed by atoms with Crippen molar-refractivity contribution in [2.24, 2.45) is 0 Å². The van der Waals surface area contributed by atoms with Gasteiger partial charge in [-0.15, -0.1) is 0 Å². The number of nitro benzene ring substituents is 1. The minimum absolute atomic E-state index is 0.0710. The van der Waals surface area contributed by atoms with Crippen molar-refractivity contribution in [1.82, 2.24) is 0 Å². The van der Waals surface area contributed by atoms with Crippen LogP contribution in [0.25, 0.3) is 0 Å². The number of ether oxygens (including phenoxy) is 2. The molecular formula is C14H14N2O6. The van der Waals surface area contributed by atoms with Gasteiger partial charge in [0.05, 0.1) is 4.92 Å². The highest BCUT2D eigenvalue weighted by Crippen LogP contribution is 2.24. The van der Waals surface area contributed by atoms with Crippen LogP contribution in [0.15, 0.2) is 30.0 Å². The topological polar surface area (TPSA) is 108 Å². The van der Waals surface area contributed by atoms with E-state index in [0.29, 0.717) is 11.3 Å². The van der Waals surface area contributed by atoms with Crippen LogP contribution in [-0.2, 0) is 19.1 Å². The number of esters is 2. The maximum atomic E-state index is 11.7. The number of carbonyl (C=O) groups is 2. The molecule has 0 atom stereocenters. The van der Waals surface area contributed by atoms with Gasteiger partial charge in [-0.2, -0.15) is 0 Å². The molecule has 1 fully saturated rings. The van der Waals surface area contributed by atoms with E-state index >= 15 is 0 Å². The summed E-state index contributed by atoms with van der Waals surface area (Å²) in [6.45, 7) is 4.49. The van der Waals surface area contributed by atoms with Gasteiger partial charge in [-0.1, -0.05) is 6.07 Å². The zero-order valence-electron chi connectivity index (χ0n) is 12.2. The maximum absolute atomic E-state index is 11.7. The molecule has 8 heteroatoms. The maximum Gasteiger partial charge on any atom is 0.350 e. The fourth-order valence-electron chi connectivity index (χ4n) is 1.83. The zero-order chi connectivity index (χ0) is 16.5. The monoisotopic (exact) mass is 306 g/mol. The molecule has 0 unspecified atom stereocenters. The van der Waals surface area contributed by atoms with Gasteiger partial charge in [0.1, 0.15) is 0 Å². The average molecular weight is 306 g/mol. The molecule has 1 aliphatic heterocycles. The molecule has 0 aromatic heterocycles. The van der Waals surface area contributed by atoms with E-state index in [4.69, 9.17) is 9.47 Å². The second-order valence-electron chi connectivity index (χ2n) is 5.14. The minimum atomic E-state index is -1.31. The molecule has 8 nitrogen and oxygen atoms in total. The molecule has 1 N–H and O–H groups in total. The Morgan fingerprint density at radius 3 is 2.36 bits per heavy atom. The predicted molar refractivity (Wildman–Crippen MR) is 75.8 cm³/mol. The molecule has 2 rings (SSSR count). The zero-order valence-corrected chi connectivity index (χ0v) is 12.2. The van der Waals surface area contributed by atoms with E-state index in [1.54, 1.807) is 19.1 Å². The van der Waals surface area contributed by atoms with E-state index in [0.717, 1.165) is 6.20 Å². The summed E-state index contributed by atoms with van der Waals surface area (Å²) in [6, 6.07) is 4.44. The standard InChI is InChI=1S/C14H14N2O6/c1-8-4-5-9(6-11(8)16(19)20)15-7-10-12(17)21-14(2,3)22-13(10)18/h4-7,15H,1-3H3. The highest BCUT2D eigenvalue weighted by molar-refractivity contribution is 6.15. The smallest absolute Gasteiger partial charge is 0.350 e. The summed E-state index contributed by atoms with van der Waals surface area (Å²) in [5.74, 6) is -2.96. The Morgan fingerprint density at radius 2 is 1.82 bits per heavy atom. The molecule has 1 aromatic rings. The highest BCUT2D eigenvalue weighted by Gasteiger charge is 2.38. The number of benzene rings is 1. The second-order valence-corrected chi connectivity index (χ2v) is 5.14. The third-order valence-electron chi connectivity index (χ3n) is 2.91. The number of hydrogen-bond acceptors (Lipinski definition) is 7. The van der Waals surface area contributed by atoms with Crippen molar-refractivity contribution >= 4 is 23.3 Å². The van der Waals surface area contributed by atoms with Crippen LogP contribution in [0.3, 0.4) is 0 Å². The van der Waals surface area contributed by atoms with E-state index in [1.807, 2.05) is 0 Å². The van der Waals surface area contributed by atoms with Gasteiger partial charge < -0.3 is 14.8 Å². The van der Waals surface area contributed by atoms with Gasteiger partial charge in [-0.3, -0.25) is 10.1 Å². The van der Waals surface area contributed by atoms with Crippen LogP contribution in [0.4, 0.5) is 11.4 Å². The normalized spacial score (nSPS) is 16.6. The largest absolute Gasteiger partial charge is 0.419 e. The van der Waals surface area contributed by atoms with Crippen molar-refractivity contribution < 1.29 is 24.0 Å². The molecule has 0 aliphatic carbocycles. The second kappa shape index (κ2) is 5.47. The first-order valence-corrected chi connectivity index (χ1v) is 6.38. The molecule has 0 amide bonds. The van der Waals surface area contributed by atoms with Gasteiger partial charge in [0.2, 0.25) is 0 Å². The fourth-order valence-corrected chi connectivity index (χ4v) is 1.83. The molecule has 0 spiro atoms. The average Bonchev–Trinajstić information content (AvgIpc) is 2.37. The summed E-state index contributed by atoms with van der Waals surface area (Å²) in [6.07, 6.45) is 1.11. The minimum Gasteiger partial charge on any atom is -0.419 e. The third kappa shape index (κ3) is 3.22. The molecular weight excluding hydrogens is 292 g/mol. The van der Waals surface area contributed by atoms with Crippen LogP contribution in [0.2, 0.25) is 0 Å². The number of carbonyl (C=O) groups excluding carboxylic acids is 2. The van der Waals surface area contributed by atoms with Crippen molar-refractivity contribution in [3.05, 3.63) is 45.6 Å². The van der Waals surface area contributed by atoms with Crippen LogP contribution in [-0.4, -0.2) is 22.6 Å². The molecule has 116 valence electrons. The van der Waals surface area contributed by atoms with Crippen LogP contribution < -0.4 is 5.32 Å². The van der Waals surface area contributed by atoms with Gasteiger partial charge in [-0.25, -0.2) is 9.59 Å². The number of nitrogens with one attached hydrogen (secondary N) is 1. The van der Waals surface area contributed by atoms with Crippen LogP contribution >= 0.6 is 0 Å². The van der Waals surface area contributed by atoms with E-state index in [-0.39, 0.29) is 11.3 Å². The number of rotatable bonds is 3. The van der Waals surface area contributed by atoms with Crippen LogP contribution in [0, 0.1) is 17.0 Å². The van der Waals surface area contributed by atoms with Crippen LogP contribution in [0.1, 0.15) is 19.4 Å². The highest BCUT2D eigenvalue weighted by atomic mass is 16.7. The summed E-state index contributed by atoms with van der Waals surface area (Å²) in [5, 5.41) is 13.5. The fraction of sp³-hybridized carbons (Fsp3) is 0.286. The number of hydrogen-bond donors (Lipinski definition) is 1. The Morgan fingerprint density at radius 1 is 1.23 bits per heavy atom. The SMILES string of the molecule is Cc1ccc(NC=C2C(=O)OC(C)(C)OC2=O)cc1[N+](=O)[O-]. The van der Waals surface area contributed by atoms with Gasteiger partial charge >= 0.3 is 11.9 Å². The van der Waals surface area contributed by atoms with Crippen molar-refractivity contribution in [2.45, 2.75) is 26.6 Å². The Labute approximate surface area is 125 Å². The first-order valence-electron chi connectivity index (χ1n) is 6.38. The molecule has 1 saturated heterocycles. The van der Waals surface area contributed by atoms with E-state index in [2.05, 4.69) is 5.32 Å². The summed E-state index contributed by atoms with van der Waals surface area (Å²) in [4.78, 5) is 33.8. The van der Waals surface area contributed by atoms with Gasteiger partial charge in [0.15, 0.2) is 5.57 Å². The Kier molecular flexibility index (Phi) is 3.85. The third-order valence-corrected chi connectivity index (χ3v) is 2.91. The lowest BCUT2D eigenvalue weighted by molar-refractivity contribution is -0.385. The Hall–Kier alpha value is -2.90. The molecule has 1 aromatic carbocycles. The molecule has 1 heterocycles. The van der Waals surface area contributed by atoms with Crippen molar-refractivity contribution in [2.75, 3.05) is 5.32 Å². The summed E-state index contributed by atoms with van der Waals surface area (Å²) < 4.78 is 9.86. The first-order chi connectivity index (χ1) is 10.2. The molecule has 0 saturated carbocycles. The Bertz CT molecular complexity index is 671. The van der Waals surface area contributed by atoms with Crippen molar-refractivity contribution in [3.63, 3.8) is 0 Å². The molecule has 0 radical (unpaired) electrons. The number of nitro groups is 1. The number of cyclic esters (lactones) is 2. The number of anilines is 1. The van der Waals surface area contributed by atoms with E-state index < -0.39 is 22.6 Å². The first kappa shape index (κ1) is 15.5. The summed E-state index contributed by atoms with van der Waals surface area (Å²) in [5.41, 5.74) is 0.470. The van der Waals surface area contributed by atoms with Gasteiger partial charge in [0, 0.05) is 37.4 Å².